The molecular formula is C18H20N2O2. The van der Waals surface area contributed by atoms with Crippen molar-refractivity contribution in [3.63, 3.8) is 0 Å². The van der Waals surface area contributed by atoms with Crippen molar-refractivity contribution in [2.45, 2.75) is 24.8 Å². The molecule has 1 saturated carbocycles. The summed E-state index contributed by atoms with van der Waals surface area (Å²) in [5.41, 5.74) is 1.59. The second kappa shape index (κ2) is 6.10. The monoisotopic (exact) mass is 296 g/mol. The summed E-state index contributed by atoms with van der Waals surface area (Å²) in [7, 11) is 1.59. The van der Waals surface area contributed by atoms with E-state index < -0.39 is 0 Å². The standard InChI is InChI=1S/C18H20N2O2/c1-22-16-11-6-5-10-15(16)19-17(21)20-18(12-7-13-18)14-8-3-2-4-9-14/h2-6,8-11H,7,12-13H2,1H3,(H2,19,20,21). The Morgan fingerprint density at radius 3 is 2.36 bits per heavy atom. The highest BCUT2D eigenvalue weighted by Crippen LogP contribution is 2.41. The van der Waals surface area contributed by atoms with E-state index >= 15 is 0 Å². The zero-order valence-electron chi connectivity index (χ0n) is 12.6. The number of urea groups is 1. The van der Waals surface area contributed by atoms with Crippen molar-refractivity contribution < 1.29 is 9.53 Å². The van der Waals surface area contributed by atoms with E-state index in [9.17, 15) is 4.79 Å². The smallest absolute Gasteiger partial charge is 0.320 e. The summed E-state index contributed by atoms with van der Waals surface area (Å²) >= 11 is 0. The maximum atomic E-state index is 12.4. The van der Waals surface area contributed by atoms with Crippen LogP contribution in [-0.4, -0.2) is 13.1 Å². The third-order valence-electron chi connectivity index (χ3n) is 4.24. The number of carbonyl (C=O) groups excluding carboxylic acids is 1. The Kier molecular flexibility index (Phi) is 4.00. The summed E-state index contributed by atoms with van der Waals surface area (Å²) < 4.78 is 5.26. The maximum absolute atomic E-state index is 12.4. The molecule has 3 rings (SSSR count). The van der Waals surface area contributed by atoms with Crippen molar-refractivity contribution in [1.82, 2.24) is 5.32 Å². The van der Waals surface area contributed by atoms with Gasteiger partial charge in [0.15, 0.2) is 0 Å². The lowest BCUT2D eigenvalue weighted by Crippen LogP contribution is -2.52. The van der Waals surface area contributed by atoms with Gasteiger partial charge in [-0.05, 0) is 37.0 Å². The largest absolute Gasteiger partial charge is 0.495 e. The Balaban J connectivity index is 1.73. The Hall–Kier alpha value is -2.49. The molecule has 4 heteroatoms. The van der Waals surface area contributed by atoms with Crippen LogP contribution in [-0.2, 0) is 5.54 Å². The molecule has 2 aromatic rings. The molecule has 22 heavy (non-hydrogen) atoms. The number of rotatable bonds is 4. The number of nitrogens with one attached hydrogen (secondary N) is 2. The summed E-state index contributed by atoms with van der Waals surface area (Å²) in [6.45, 7) is 0. The van der Waals surface area contributed by atoms with Gasteiger partial charge in [-0.3, -0.25) is 0 Å². The van der Waals surface area contributed by atoms with Gasteiger partial charge in [-0.25, -0.2) is 4.79 Å². The summed E-state index contributed by atoms with van der Waals surface area (Å²) in [5, 5.41) is 6.02. The molecule has 0 bridgehead atoms. The Bertz CT molecular complexity index is 651. The molecule has 1 aliphatic rings. The van der Waals surface area contributed by atoms with Crippen molar-refractivity contribution in [3.8, 4) is 5.75 Å². The zero-order chi connectivity index (χ0) is 15.4. The lowest BCUT2D eigenvalue weighted by atomic mass is 9.72. The maximum Gasteiger partial charge on any atom is 0.320 e. The molecule has 1 aliphatic carbocycles. The summed E-state index contributed by atoms with van der Waals surface area (Å²) in [6, 6.07) is 17.3. The van der Waals surface area contributed by atoms with Crippen LogP contribution in [0.2, 0.25) is 0 Å². The molecule has 0 aliphatic heterocycles. The highest BCUT2D eigenvalue weighted by atomic mass is 16.5. The summed E-state index contributed by atoms with van der Waals surface area (Å²) in [4.78, 5) is 12.4. The number of anilines is 1. The molecule has 0 radical (unpaired) electrons. The van der Waals surface area contributed by atoms with Crippen LogP contribution >= 0.6 is 0 Å². The molecule has 0 aromatic heterocycles. The molecule has 0 spiro atoms. The zero-order valence-corrected chi connectivity index (χ0v) is 12.6. The van der Waals surface area contributed by atoms with Crippen LogP contribution < -0.4 is 15.4 Å². The van der Waals surface area contributed by atoms with Gasteiger partial charge >= 0.3 is 6.03 Å². The Morgan fingerprint density at radius 2 is 1.73 bits per heavy atom. The molecule has 2 N–H and O–H groups in total. The molecule has 0 unspecified atom stereocenters. The number of amides is 2. The van der Waals surface area contributed by atoms with Crippen LogP contribution in [0, 0.1) is 0 Å². The van der Waals surface area contributed by atoms with E-state index in [0.717, 1.165) is 24.8 Å². The van der Waals surface area contributed by atoms with Gasteiger partial charge < -0.3 is 15.4 Å². The first-order chi connectivity index (χ1) is 10.7. The normalized spacial score (nSPS) is 15.5. The molecule has 1 fully saturated rings. The van der Waals surface area contributed by atoms with Gasteiger partial charge in [-0.1, -0.05) is 42.5 Å². The molecule has 0 saturated heterocycles. The lowest BCUT2D eigenvalue weighted by molar-refractivity contribution is 0.185. The van der Waals surface area contributed by atoms with E-state index in [4.69, 9.17) is 4.74 Å². The minimum atomic E-state index is -0.243. The second-order valence-corrected chi connectivity index (χ2v) is 5.58. The summed E-state index contributed by atoms with van der Waals surface area (Å²) in [6.07, 6.45) is 3.07. The lowest BCUT2D eigenvalue weighted by Gasteiger charge is -2.43. The van der Waals surface area contributed by atoms with E-state index in [1.54, 1.807) is 7.11 Å². The first-order valence-electron chi connectivity index (χ1n) is 7.51. The predicted molar refractivity (Wildman–Crippen MR) is 87.1 cm³/mol. The number of methoxy groups -OCH3 is 1. The van der Waals surface area contributed by atoms with E-state index in [1.807, 2.05) is 42.5 Å². The average molecular weight is 296 g/mol. The fourth-order valence-corrected chi connectivity index (χ4v) is 2.89. The van der Waals surface area contributed by atoms with Gasteiger partial charge in [-0.2, -0.15) is 0 Å². The van der Waals surface area contributed by atoms with Gasteiger partial charge in [0, 0.05) is 0 Å². The van der Waals surface area contributed by atoms with Crippen molar-refractivity contribution in [2.24, 2.45) is 0 Å². The topological polar surface area (TPSA) is 50.4 Å². The highest BCUT2D eigenvalue weighted by Gasteiger charge is 2.39. The number of hydrogen-bond acceptors (Lipinski definition) is 2. The van der Waals surface area contributed by atoms with E-state index in [0.29, 0.717) is 11.4 Å². The molecule has 4 nitrogen and oxygen atoms in total. The van der Waals surface area contributed by atoms with Gasteiger partial charge in [0.1, 0.15) is 5.75 Å². The van der Waals surface area contributed by atoms with Crippen molar-refractivity contribution in [2.75, 3.05) is 12.4 Å². The molecule has 2 aromatic carbocycles. The third kappa shape index (κ3) is 2.77. The van der Waals surface area contributed by atoms with Crippen molar-refractivity contribution >= 4 is 11.7 Å². The molecule has 0 heterocycles. The molecule has 0 atom stereocenters. The average Bonchev–Trinajstić information content (AvgIpc) is 2.52. The van der Waals surface area contributed by atoms with Gasteiger partial charge in [0.25, 0.3) is 0 Å². The molecule has 114 valence electrons. The van der Waals surface area contributed by atoms with E-state index in [-0.39, 0.29) is 11.6 Å². The quantitative estimate of drug-likeness (QED) is 0.899. The van der Waals surface area contributed by atoms with Crippen LogP contribution in [0.4, 0.5) is 10.5 Å². The fraction of sp³-hybridized carbons (Fsp3) is 0.278. The van der Waals surface area contributed by atoms with Gasteiger partial charge in [0.05, 0.1) is 18.3 Å². The third-order valence-corrected chi connectivity index (χ3v) is 4.24. The highest BCUT2D eigenvalue weighted by molar-refractivity contribution is 5.91. The van der Waals surface area contributed by atoms with Crippen LogP contribution in [0.25, 0.3) is 0 Å². The number of carbonyl (C=O) groups is 1. The minimum Gasteiger partial charge on any atom is -0.495 e. The van der Waals surface area contributed by atoms with Crippen LogP contribution in [0.1, 0.15) is 24.8 Å². The minimum absolute atomic E-state index is 0.201. The van der Waals surface area contributed by atoms with Crippen LogP contribution in [0.3, 0.4) is 0 Å². The number of ether oxygens (including phenoxy) is 1. The number of hydrogen-bond donors (Lipinski definition) is 2. The first-order valence-corrected chi connectivity index (χ1v) is 7.51. The number of para-hydroxylation sites is 2. The van der Waals surface area contributed by atoms with E-state index in [1.165, 1.54) is 0 Å². The van der Waals surface area contributed by atoms with Crippen molar-refractivity contribution in [1.29, 1.82) is 0 Å². The van der Waals surface area contributed by atoms with E-state index in [2.05, 4.69) is 22.8 Å². The molecule has 2 amide bonds. The fourth-order valence-electron chi connectivity index (χ4n) is 2.89. The SMILES string of the molecule is COc1ccccc1NC(=O)NC1(c2ccccc2)CCC1. The number of benzene rings is 2. The first kappa shape index (κ1) is 14.4. The Morgan fingerprint density at radius 1 is 1.05 bits per heavy atom. The molecular weight excluding hydrogens is 276 g/mol. The van der Waals surface area contributed by atoms with Gasteiger partial charge in [-0.15, -0.1) is 0 Å². The van der Waals surface area contributed by atoms with Gasteiger partial charge in [0.2, 0.25) is 0 Å². The van der Waals surface area contributed by atoms with Crippen LogP contribution in [0.5, 0.6) is 5.75 Å². The summed E-state index contributed by atoms with van der Waals surface area (Å²) in [5.74, 6) is 0.653. The Labute approximate surface area is 130 Å². The van der Waals surface area contributed by atoms with Crippen molar-refractivity contribution in [3.05, 3.63) is 60.2 Å². The second-order valence-electron chi connectivity index (χ2n) is 5.58. The predicted octanol–water partition coefficient (Wildman–Crippen LogP) is 3.90. The van der Waals surface area contributed by atoms with Crippen LogP contribution in [0.15, 0.2) is 54.6 Å².